The predicted octanol–water partition coefficient (Wildman–Crippen LogP) is 0.788. The molecule has 0 heterocycles. The number of rotatable bonds is 6. The molecule has 0 rings (SSSR count). The van der Waals surface area contributed by atoms with Crippen LogP contribution in [0, 0.1) is 5.41 Å². The van der Waals surface area contributed by atoms with Crippen molar-refractivity contribution in [3.05, 3.63) is 11.6 Å². The van der Waals surface area contributed by atoms with Crippen LogP contribution in [-0.2, 0) is 4.79 Å². The minimum atomic E-state index is -0.967. The summed E-state index contributed by atoms with van der Waals surface area (Å²) in [5.74, 6) is -0.967. The van der Waals surface area contributed by atoms with Crippen LogP contribution in [0.1, 0.15) is 26.7 Å². The van der Waals surface area contributed by atoms with Crippen molar-refractivity contribution in [3.8, 4) is 0 Å². The minimum Gasteiger partial charge on any atom is -0.478 e. The number of aliphatic hydroxyl groups is 2. The number of allylic oxidation sites excluding steroid dienone is 1. The Morgan fingerprint density at radius 3 is 2.14 bits per heavy atom. The molecule has 0 saturated carbocycles. The van der Waals surface area contributed by atoms with Gasteiger partial charge in [-0.2, -0.15) is 0 Å². The number of carbonyl (C=O) groups is 1. The Morgan fingerprint density at radius 2 is 1.86 bits per heavy atom. The maximum absolute atomic E-state index is 10.5. The maximum atomic E-state index is 10.5. The largest absolute Gasteiger partial charge is 0.478 e. The number of carboxylic acid groups (broad SMARTS) is 1. The molecule has 0 radical (unpaired) electrons. The van der Waals surface area contributed by atoms with Gasteiger partial charge in [-0.1, -0.05) is 13.0 Å². The van der Waals surface area contributed by atoms with E-state index in [0.29, 0.717) is 12.8 Å². The molecule has 0 amide bonds. The molecule has 4 heteroatoms. The fourth-order valence-electron chi connectivity index (χ4n) is 1.00. The van der Waals surface area contributed by atoms with E-state index in [2.05, 4.69) is 0 Å². The highest BCUT2D eigenvalue weighted by Gasteiger charge is 2.25. The molecule has 4 nitrogen and oxygen atoms in total. The van der Waals surface area contributed by atoms with Crippen LogP contribution in [0.25, 0.3) is 0 Å². The van der Waals surface area contributed by atoms with Gasteiger partial charge in [-0.15, -0.1) is 0 Å². The van der Waals surface area contributed by atoms with Crippen molar-refractivity contribution in [2.24, 2.45) is 5.41 Å². The van der Waals surface area contributed by atoms with Crippen LogP contribution in [-0.4, -0.2) is 34.5 Å². The monoisotopic (exact) mass is 202 g/mol. The second-order valence-electron chi connectivity index (χ2n) is 3.57. The second kappa shape index (κ2) is 5.78. The predicted molar refractivity (Wildman–Crippen MR) is 52.9 cm³/mol. The van der Waals surface area contributed by atoms with Gasteiger partial charge in [-0.3, -0.25) is 0 Å². The molecule has 0 aliphatic carbocycles. The molecule has 0 aliphatic heterocycles. The lowest BCUT2D eigenvalue weighted by atomic mass is 9.83. The standard InChI is InChI=1S/C10H18O4/c1-3-10(6-11,7-12)5-4-8(2)9(13)14/h4,11-12H,3,5-7H2,1-2H3,(H,13,14). The molecule has 0 aromatic carbocycles. The van der Waals surface area contributed by atoms with Crippen molar-refractivity contribution in [2.75, 3.05) is 13.2 Å². The summed E-state index contributed by atoms with van der Waals surface area (Å²) >= 11 is 0. The third-order valence-corrected chi connectivity index (χ3v) is 2.60. The Balaban J connectivity index is 4.46. The van der Waals surface area contributed by atoms with E-state index in [1.54, 1.807) is 0 Å². The number of aliphatic carboxylic acids is 1. The Morgan fingerprint density at radius 1 is 1.36 bits per heavy atom. The highest BCUT2D eigenvalue weighted by atomic mass is 16.4. The molecule has 0 saturated heterocycles. The zero-order valence-electron chi connectivity index (χ0n) is 8.66. The van der Waals surface area contributed by atoms with Crippen LogP contribution < -0.4 is 0 Å². The molecule has 0 spiro atoms. The molecule has 0 bridgehead atoms. The van der Waals surface area contributed by atoms with E-state index in [0.717, 1.165) is 0 Å². The van der Waals surface area contributed by atoms with Gasteiger partial charge in [-0.05, 0) is 19.8 Å². The highest BCUT2D eigenvalue weighted by Crippen LogP contribution is 2.26. The van der Waals surface area contributed by atoms with E-state index in [-0.39, 0.29) is 18.8 Å². The molecule has 82 valence electrons. The molecular weight excluding hydrogens is 184 g/mol. The van der Waals surface area contributed by atoms with Crippen LogP contribution in [0.5, 0.6) is 0 Å². The molecule has 3 N–H and O–H groups in total. The van der Waals surface area contributed by atoms with Crippen molar-refractivity contribution in [1.29, 1.82) is 0 Å². The molecule has 0 fully saturated rings. The first-order valence-corrected chi connectivity index (χ1v) is 4.63. The second-order valence-corrected chi connectivity index (χ2v) is 3.57. The lowest BCUT2D eigenvalue weighted by Gasteiger charge is -2.26. The summed E-state index contributed by atoms with van der Waals surface area (Å²) in [5.41, 5.74) is -0.346. The van der Waals surface area contributed by atoms with Gasteiger partial charge in [0.2, 0.25) is 0 Å². The summed E-state index contributed by atoms with van der Waals surface area (Å²) in [6.45, 7) is 3.08. The van der Waals surface area contributed by atoms with Crippen molar-refractivity contribution in [3.63, 3.8) is 0 Å². The first-order valence-electron chi connectivity index (χ1n) is 4.63. The summed E-state index contributed by atoms with van der Waals surface area (Å²) in [6, 6.07) is 0. The molecule has 0 unspecified atom stereocenters. The van der Waals surface area contributed by atoms with Crippen LogP contribution in [0.4, 0.5) is 0 Å². The average molecular weight is 202 g/mol. The fourth-order valence-corrected chi connectivity index (χ4v) is 1.00. The van der Waals surface area contributed by atoms with Crippen LogP contribution >= 0.6 is 0 Å². The smallest absolute Gasteiger partial charge is 0.330 e. The summed E-state index contributed by atoms with van der Waals surface area (Å²) in [7, 11) is 0. The summed E-state index contributed by atoms with van der Waals surface area (Å²) in [4.78, 5) is 10.5. The first kappa shape index (κ1) is 13.1. The minimum absolute atomic E-state index is 0.136. The number of hydrogen-bond donors (Lipinski definition) is 3. The normalized spacial score (nSPS) is 13.0. The summed E-state index contributed by atoms with van der Waals surface area (Å²) in [6.07, 6.45) is 2.54. The van der Waals surface area contributed by atoms with Crippen molar-refractivity contribution >= 4 is 5.97 Å². The van der Waals surface area contributed by atoms with Gasteiger partial charge in [0.1, 0.15) is 0 Å². The Bertz CT molecular complexity index is 208. The molecule has 14 heavy (non-hydrogen) atoms. The summed E-state index contributed by atoms with van der Waals surface area (Å²) < 4.78 is 0. The third kappa shape index (κ3) is 3.47. The van der Waals surface area contributed by atoms with E-state index < -0.39 is 11.4 Å². The molecular formula is C10H18O4. The number of aliphatic hydroxyl groups excluding tert-OH is 2. The lowest BCUT2D eigenvalue weighted by molar-refractivity contribution is -0.132. The zero-order valence-corrected chi connectivity index (χ0v) is 8.66. The quantitative estimate of drug-likeness (QED) is 0.556. The van der Waals surface area contributed by atoms with E-state index in [9.17, 15) is 4.79 Å². The van der Waals surface area contributed by atoms with Gasteiger partial charge in [-0.25, -0.2) is 4.79 Å². The van der Waals surface area contributed by atoms with Gasteiger partial charge in [0, 0.05) is 11.0 Å². The van der Waals surface area contributed by atoms with Gasteiger partial charge >= 0.3 is 5.97 Å². The first-order chi connectivity index (χ1) is 6.51. The lowest BCUT2D eigenvalue weighted by Crippen LogP contribution is -2.28. The molecule has 0 aromatic heterocycles. The van der Waals surface area contributed by atoms with Crippen LogP contribution in [0.3, 0.4) is 0 Å². The van der Waals surface area contributed by atoms with E-state index in [1.807, 2.05) is 6.92 Å². The van der Waals surface area contributed by atoms with Crippen molar-refractivity contribution in [1.82, 2.24) is 0 Å². The maximum Gasteiger partial charge on any atom is 0.330 e. The van der Waals surface area contributed by atoms with Crippen molar-refractivity contribution in [2.45, 2.75) is 26.7 Å². The Hall–Kier alpha value is -0.870. The topological polar surface area (TPSA) is 77.8 Å². The molecule has 0 aromatic rings. The van der Waals surface area contributed by atoms with Gasteiger partial charge < -0.3 is 15.3 Å². The molecule has 0 aliphatic rings. The van der Waals surface area contributed by atoms with E-state index in [1.165, 1.54) is 13.0 Å². The Kier molecular flexibility index (Phi) is 5.42. The van der Waals surface area contributed by atoms with Gasteiger partial charge in [0.15, 0.2) is 0 Å². The number of carboxylic acids is 1. The van der Waals surface area contributed by atoms with Crippen LogP contribution in [0.15, 0.2) is 11.6 Å². The van der Waals surface area contributed by atoms with Gasteiger partial charge in [0.25, 0.3) is 0 Å². The SMILES string of the molecule is CCC(CO)(CO)CC=C(C)C(=O)O. The Labute approximate surface area is 83.9 Å². The highest BCUT2D eigenvalue weighted by molar-refractivity contribution is 5.85. The average Bonchev–Trinajstić information content (AvgIpc) is 2.20. The summed E-state index contributed by atoms with van der Waals surface area (Å²) in [5, 5.41) is 26.8. The van der Waals surface area contributed by atoms with Crippen LogP contribution in [0.2, 0.25) is 0 Å². The van der Waals surface area contributed by atoms with Gasteiger partial charge in [0.05, 0.1) is 13.2 Å². The van der Waals surface area contributed by atoms with E-state index >= 15 is 0 Å². The molecule has 0 atom stereocenters. The zero-order chi connectivity index (χ0) is 11.2. The van der Waals surface area contributed by atoms with Crippen molar-refractivity contribution < 1.29 is 20.1 Å². The fraction of sp³-hybridized carbons (Fsp3) is 0.700. The third-order valence-electron chi connectivity index (χ3n) is 2.60. The number of hydrogen-bond acceptors (Lipinski definition) is 3. The van der Waals surface area contributed by atoms with E-state index in [4.69, 9.17) is 15.3 Å².